The molecule has 1 nitrogen and oxygen atoms in total. The minimum absolute atomic E-state index is 1.02. The monoisotopic (exact) mass is 145 g/mol. The van der Waals surface area contributed by atoms with Crippen LogP contribution < -0.4 is 16.2 Å². The second-order valence-corrected chi connectivity index (χ2v) is 2.25. The van der Waals surface area contributed by atoms with Gasteiger partial charge in [-0.2, -0.15) is 0 Å². The second kappa shape index (κ2) is 3.62. The fraction of sp³-hybridized carbons (Fsp3) is 0. The quantitative estimate of drug-likeness (QED) is 0.606. The molecule has 1 heteroatoms. The summed E-state index contributed by atoms with van der Waals surface area (Å²) >= 11 is 0. The zero-order chi connectivity index (χ0) is 8.10. The van der Waals surface area contributed by atoms with Crippen LogP contribution in [0.5, 0.6) is 0 Å². The molecule has 0 aliphatic rings. The third-order valence-electron chi connectivity index (χ3n) is 1.44. The highest BCUT2D eigenvalue weighted by Gasteiger charge is 1.76. The first kappa shape index (κ1) is 7.61. The van der Waals surface area contributed by atoms with Crippen LogP contribution in [-0.4, -0.2) is 0 Å². The Hall–Kier alpha value is -1.50. The molecule has 0 saturated heterocycles. The third-order valence-corrected chi connectivity index (χ3v) is 1.44. The molecule has 0 spiro atoms. The van der Waals surface area contributed by atoms with Crippen LogP contribution in [-0.2, 0) is 0 Å². The summed E-state index contributed by atoms with van der Waals surface area (Å²) in [6, 6.07) is 7.91. The van der Waals surface area contributed by atoms with Crippen molar-refractivity contribution >= 4 is 12.7 Å². The molecule has 0 amide bonds. The van der Waals surface area contributed by atoms with Gasteiger partial charge in [0.1, 0.15) is 0 Å². The van der Waals surface area contributed by atoms with E-state index < -0.39 is 0 Å². The molecule has 0 aliphatic carbocycles. The van der Waals surface area contributed by atoms with Crippen LogP contribution in [0.4, 0.5) is 0 Å². The fourth-order valence-corrected chi connectivity index (χ4v) is 0.856. The van der Waals surface area contributed by atoms with E-state index in [0.717, 1.165) is 10.4 Å². The molecule has 0 aliphatic heterocycles. The van der Waals surface area contributed by atoms with Crippen LogP contribution in [0.1, 0.15) is 0 Å². The Balaban J connectivity index is 3.24. The van der Waals surface area contributed by atoms with E-state index >= 15 is 0 Å². The lowest BCUT2D eigenvalue weighted by Gasteiger charge is -1.84. The van der Waals surface area contributed by atoms with Crippen molar-refractivity contribution in [3.63, 3.8) is 0 Å². The molecular formula is C10H11N. The highest BCUT2D eigenvalue weighted by molar-refractivity contribution is 5.37. The van der Waals surface area contributed by atoms with Crippen molar-refractivity contribution < 1.29 is 0 Å². The molecule has 0 heterocycles. The molecule has 0 atom stereocenters. The van der Waals surface area contributed by atoms with Crippen molar-refractivity contribution in [3.8, 4) is 0 Å². The zero-order valence-corrected chi connectivity index (χ0v) is 6.33. The summed E-state index contributed by atoms with van der Waals surface area (Å²) < 4.78 is 0. The van der Waals surface area contributed by atoms with Gasteiger partial charge in [-0.05, 0) is 22.7 Å². The molecule has 0 aromatic heterocycles. The highest BCUT2D eigenvalue weighted by Crippen LogP contribution is 1.71. The van der Waals surface area contributed by atoms with Crippen LogP contribution in [0.3, 0.4) is 0 Å². The van der Waals surface area contributed by atoms with Gasteiger partial charge >= 0.3 is 0 Å². The average molecular weight is 145 g/mol. The van der Waals surface area contributed by atoms with E-state index in [1.165, 1.54) is 6.20 Å². The van der Waals surface area contributed by atoms with Gasteiger partial charge in [0.2, 0.25) is 0 Å². The van der Waals surface area contributed by atoms with Gasteiger partial charge in [0.05, 0.1) is 0 Å². The van der Waals surface area contributed by atoms with E-state index in [1.807, 2.05) is 30.3 Å². The molecule has 1 rings (SSSR count). The molecule has 0 saturated carbocycles. The number of rotatable bonds is 1. The number of hydrogen-bond donors (Lipinski definition) is 1. The first-order valence-electron chi connectivity index (χ1n) is 3.47. The molecule has 56 valence electrons. The van der Waals surface area contributed by atoms with Crippen LogP contribution in [0.2, 0.25) is 0 Å². The Bertz CT molecular complexity index is 349. The minimum Gasteiger partial charge on any atom is -0.405 e. The second-order valence-electron chi connectivity index (χ2n) is 2.25. The van der Waals surface area contributed by atoms with Crippen LogP contribution >= 0.6 is 0 Å². The standard InChI is InChI=1S/C10H11N/c1-9-5-2-3-6-10(9)7-4-8-11/h2-8H,1,11H2/b8-4-,10-7-. The maximum absolute atomic E-state index is 5.19. The van der Waals surface area contributed by atoms with Gasteiger partial charge in [-0.15, -0.1) is 0 Å². The highest BCUT2D eigenvalue weighted by atomic mass is 14.5. The minimum atomic E-state index is 1.02. The first-order valence-corrected chi connectivity index (χ1v) is 3.47. The number of hydrogen-bond acceptors (Lipinski definition) is 1. The van der Waals surface area contributed by atoms with Crippen LogP contribution in [0.15, 0.2) is 36.5 Å². The van der Waals surface area contributed by atoms with Gasteiger partial charge in [0.15, 0.2) is 0 Å². The lowest BCUT2D eigenvalue weighted by molar-refractivity contribution is 1.53. The maximum Gasteiger partial charge on any atom is -0.00622 e. The summed E-state index contributed by atoms with van der Waals surface area (Å²) in [5.41, 5.74) is 5.19. The summed E-state index contributed by atoms with van der Waals surface area (Å²) in [5, 5.41) is 2.12. The third kappa shape index (κ3) is 1.97. The number of allylic oxidation sites excluding steroid dienone is 1. The molecule has 0 fully saturated rings. The Morgan fingerprint density at radius 2 is 2.00 bits per heavy atom. The van der Waals surface area contributed by atoms with Crippen molar-refractivity contribution in [1.29, 1.82) is 0 Å². The van der Waals surface area contributed by atoms with E-state index in [4.69, 9.17) is 5.73 Å². The molecule has 0 radical (unpaired) electrons. The van der Waals surface area contributed by atoms with Crippen molar-refractivity contribution in [2.24, 2.45) is 5.73 Å². The summed E-state index contributed by atoms with van der Waals surface area (Å²) in [5.74, 6) is 0. The topological polar surface area (TPSA) is 26.0 Å². The van der Waals surface area contributed by atoms with E-state index in [1.54, 1.807) is 6.08 Å². The molecule has 11 heavy (non-hydrogen) atoms. The molecule has 0 bridgehead atoms. The lowest BCUT2D eigenvalue weighted by atomic mass is 10.2. The van der Waals surface area contributed by atoms with E-state index in [2.05, 4.69) is 6.58 Å². The molecule has 0 unspecified atom stereocenters. The summed E-state index contributed by atoms with van der Waals surface area (Å²) in [7, 11) is 0. The first-order chi connectivity index (χ1) is 5.34. The number of nitrogens with two attached hydrogens (primary N) is 1. The lowest BCUT2D eigenvalue weighted by Crippen LogP contribution is -2.21. The predicted octanol–water partition coefficient (Wildman–Crippen LogP) is 0.350. The van der Waals surface area contributed by atoms with Gasteiger partial charge in [-0.1, -0.05) is 36.9 Å². The van der Waals surface area contributed by atoms with E-state index in [0.29, 0.717) is 0 Å². The van der Waals surface area contributed by atoms with E-state index in [9.17, 15) is 0 Å². The average Bonchev–Trinajstić information content (AvgIpc) is 2.03. The van der Waals surface area contributed by atoms with Crippen molar-refractivity contribution in [1.82, 2.24) is 0 Å². The van der Waals surface area contributed by atoms with Gasteiger partial charge in [-0.3, -0.25) is 0 Å². The Kier molecular flexibility index (Phi) is 2.50. The van der Waals surface area contributed by atoms with Crippen LogP contribution in [0, 0.1) is 0 Å². The SMILES string of the molecule is C=c1cccc/c1=C/C=C\N. The molecule has 1 aromatic carbocycles. The smallest absolute Gasteiger partial charge is 0.00622 e. The zero-order valence-electron chi connectivity index (χ0n) is 6.33. The Labute approximate surface area is 66.2 Å². The normalized spacial score (nSPS) is 12.5. The summed E-state index contributed by atoms with van der Waals surface area (Å²) in [6.07, 6.45) is 5.23. The van der Waals surface area contributed by atoms with Crippen molar-refractivity contribution in [2.75, 3.05) is 0 Å². The molecule has 2 N–H and O–H groups in total. The summed E-state index contributed by atoms with van der Waals surface area (Å²) in [6.45, 7) is 3.87. The van der Waals surface area contributed by atoms with E-state index in [-0.39, 0.29) is 0 Å². The molecular weight excluding hydrogens is 134 g/mol. The van der Waals surface area contributed by atoms with Gasteiger partial charge in [0, 0.05) is 0 Å². The van der Waals surface area contributed by atoms with Crippen molar-refractivity contribution in [2.45, 2.75) is 0 Å². The van der Waals surface area contributed by atoms with Gasteiger partial charge in [0.25, 0.3) is 0 Å². The molecule has 1 aromatic rings. The van der Waals surface area contributed by atoms with Gasteiger partial charge < -0.3 is 5.73 Å². The fourth-order valence-electron chi connectivity index (χ4n) is 0.856. The number of benzene rings is 1. The van der Waals surface area contributed by atoms with Crippen molar-refractivity contribution in [3.05, 3.63) is 47.0 Å². The van der Waals surface area contributed by atoms with Gasteiger partial charge in [-0.25, -0.2) is 0 Å². The van der Waals surface area contributed by atoms with Crippen LogP contribution in [0.25, 0.3) is 12.7 Å². The Morgan fingerprint density at radius 1 is 1.27 bits per heavy atom. The largest absolute Gasteiger partial charge is 0.405 e. The Morgan fingerprint density at radius 3 is 2.64 bits per heavy atom. The predicted molar refractivity (Wildman–Crippen MR) is 49.0 cm³/mol. The maximum atomic E-state index is 5.19. The summed E-state index contributed by atoms with van der Waals surface area (Å²) in [4.78, 5) is 0.